The Morgan fingerprint density at radius 3 is 2.21 bits per heavy atom. The maximum absolute atomic E-state index is 14.8. The van der Waals surface area contributed by atoms with Crippen LogP contribution in [0.4, 0.5) is 24.7 Å². The van der Waals surface area contributed by atoms with Crippen molar-refractivity contribution < 1.29 is 32.1 Å². The van der Waals surface area contributed by atoms with E-state index in [9.17, 15) is 13.2 Å². The summed E-state index contributed by atoms with van der Waals surface area (Å²) in [5, 5.41) is 0.461. The van der Waals surface area contributed by atoms with E-state index in [4.69, 9.17) is 18.9 Å². The number of thioether (sulfide) groups is 1. The number of nitrogens with zero attached hydrogens (tertiary/aromatic N) is 3. The molecule has 0 aliphatic carbocycles. The van der Waals surface area contributed by atoms with E-state index < -0.39 is 11.6 Å². The molecule has 0 N–H and O–H groups in total. The average Bonchev–Trinajstić information content (AvgIpc) is 3.36. The van der Waals surface area contributed by atoms with Gasteiger partial charge in [-0.1, -0.05) is 11.8 Å². The van der Waals surface area contributed by atoms with Crippen LogP contribution in [0.25, 0.3) is 5.69 Å². The third kappa shape index (κ3) is 6.43. The summed E-state index contributed by atoms with van der Waals surface area (Å²) in [6.45, 7) is 0.474. The molecule has 0 bridgehead atoms. The van der Waals surface area contributed by atoms with Crippen molar-refractivity contribution in [3.8, 4) is 22.9 Å². The Morgan fingerprint density at radius 1 is 0.872 bits per heavy atom. The third-order valence-electron chi connectivity index (χ3n) is 5.91. The first-order valence-electron chi connectivity index (χ1n) is 11.9. The van der Waals surface area contributed by atoms with Gasteiger partial charge >= 0.3 is 0 Å². The zero-order valence-corrected chi connectivity index (χ0v) is 22.7. The van der Waals surface area contributed by atoms with E-state index in [2.05, 4.69) is 4.98 Å². The number of hydrogen-bond acceptors (Lipinski definition) is 7. The molecular weight excluding hydrogens is 531 g/mol. The summed E-state index contributed by atoms with van der Waals surface area (Å²) in [7, 11) is 6.46. The fourth-order valence-electron chi connectivity index (χ4n) is 3.84. The molecular formula is C28H28F3N3O4S. The quantitative estimate of drug-likeness (QED) is 0.147. The molecule has 4 aromatic rings. The number of ether oxygens (including phenoxy) is 4. The molecule has 0 spiro atoms. The van der Waals surface area contributed by atoms with Crippen LogP contribution in [0.5, 0.6) is 17.2 Å². The highest BCUT2D eigenvalue weighted by molar-refractivity contribution is 7.98. The zero-order valence-electron chi connectivity index (χ0n) is 21.9. The molecule has 0 fully saturated rings. The smallest absolute Gasteiger partial charge is 0.174 e. The molecule has 3 aromatic carbocycles. The Morgan fingerprint density at radius 2 is 1.56 bits per heavy atom. The minimum atomic E-state index is -0.725. The number of rotatable bonds is 12. The highest BCUT2D eigenvalue weighted by Gasteiger charge is 2.20. The molecule has 1 heterocycles. The molecule has 0 saturated heterocycles. The first kappa shape index (κ1) is 28.2. The van der Waals surface area contributed by atoms with E-state index in [1.165, 1.54) is 19.2 Å². The Bertz CT molecular complexity index is 1390. The highest BCUT2D eigenvalue weighted by Crippen LogP contribution is 2.37. The third-order valence-corrected chi connectivity index (χ3v) is 6.89. The Hall–Kier alpha value is -3.83. The summed E-state index contributed by atoms with van der Waals surface area (Å²) in [6.07, 6.45) is 1.64. The number of anilines is 2. The van der Waals surface area contributed by atoms with Crippen molar-refractivity contribution in [2.24, 2.45) is 0 Å². The average molecular weight is 560 g/mol. The van der Waals surface area contributed by atoms with Crippen molar-refractivity contribution >= 4 is 23.3 Å². The second-order valence-electron chi connectivity index (χ2n) is 8.30. The first-order chi connectivity index (χ1) is 18.9. The van der Waals surface area contributed by atoms with Gasteiger partial charge in [-0.3, -0.25) is 4.57 Å². The molecule has 0 aliphatic heterocycles. The lowest BCUT2D eigenvalue weighted by molar-refractivity contribution is 0.146. The minimum Gasteiger partial charge on any atom is -0.493 e. The van der Waals surface area contributed by atoms with Gasteiger partial charge in [0.2, 0.25) is 0 Å². The summed E-state index contributed by atoms with van der Waals surface area (Å²) in [4.78, 5) is 6.40. The van der Waals surface area contributed by atoms with Crippen molar-refractivity contribution in [1.82, 2.24) is 9.55 Å². The van der Waals surface area contributed by atoms with Gasteiger partial charge in [-0.25, -0.2) is 18.2 Å². The van der Waals surface area contributed by atoms with Crippen LogP contribution in [-0.2, 0) is 10.5 Å². The zero-order chi connectivity index (χ0) is 27.9. The molecule has 39 heavy (non-hydrogen) atoms. The topological polar surface area (TPSA) is 58.0 Å². The van der Waals surface area contributed by atoms with Gasteiger partial charge in [0.1, 0.15) is 35.6 Å². The summed E-state index contributed by atoms with van der Waals surface area (Å²) in [5.41, 5.74) is 1.29. The highest BCUT2D eigenvalue weighted by atomic mass is 32.2. The normalized spacial score (nSPS) is 10.9. The predicted molar refractivity (Wildman–Crippen MR) is 144 cm³/mol. The Labute approximate surface area is 229 Å². The molecule has 206 valence electrons. The largest absolute Gasteiger partial charge is 0.493 e. The fourth-order valence-corrected chi connectivity index (χ4v) is 4.85. The van der Waals surface area contributed by atoms with Crippen molar-refractivity contribution in [2.75, 3.05) is 46.5 Å². The van der Waals surface area contributed by atoms with Crippen LogP contribution >= 0.6 is 11.8 Å². The summed E-state index contributed by atoms with van der Waals surface area (Å²) < 4.78 is 66.2. The van der Waals surface area contributed by atoms with Crippen LogP contribution in [-0.4, -0.2) is 51.1 Å². The van der Waals surface area contributed by atoms with Crippen LogP contribution in [0, 0.1) is 17.5 Å². The standard InChI is InChI=1S/C28H28F3N3O4S/c1-33(20-9-10-25(36-3)26(13-20)37-4)27-16-32-28(34(27)19-7-5-18(29)6-8-19)39-17-22-23(30)14-21(15-24(22)31)38-12-11-35-2/h5-10,13-16H,11-12,17H2,1-4H3. The maximum Gasteiger partial charge on any atom is 0.174 e. The van der Waals surface area contributed by atoms with Gasteiger partial charge < -0.3 is 23.8 Å². The molecule has 0 amide bonds. The number of methoxy groups -OCH3 is 3. The SMILES string of the molecule is COCCOc1cc(F)c(CSc2ncc(N(C)c3ccc(OC)c(OC)c3)n2-c2ccc(F)cc2)c(F)c1. The van der Waals surface area contributed by atoms with Crippen molar-refractivity contribution in [1.29, 1.82) is 0 Å². The molecule has 0 atom stereocenters. The number of benzene rings is 3. The van der Waals surface area contributed by atoms with Gasteiger partial charge in [-0.15, -0.1) is 0 Å². The molecule has 0 saturated carbocycles. The van der Waals surface area contributed by atoms with E-state index >= 15 is 0 Å². The van der Waals surface area contributed by atoms with E-state index in [-0.39, 0.29) is 29.5 Å². The molecule has 7 nitrogen and oxygen atoms in total. The van der Waals surface area contributed by atoms with Gasteiger partial charge in [0.05, 0.1) is 27.0 Å². The molecule has 1 aromatic heterocycles. The van der Waals surface area contributed by atoms with Crippen LogP contribution in [0.15, 0.2) is 66.0 Å². The van der Waals surface area contributed by atoms with Crippen molar-refractivity contribution in [3.05, 3.63) is 83.8 Å². The van der Waals surface area contributed by atoms with E-state index in [0.717, 1.165) is 29.6 Å². The maximum atomic E-state index is 14.8. The summed E-state index contributed by atoms with van der Waals surface area (Å²) in [6, 6.07) is 13.7. The Kier molecular flexibility index (Phi) is 9.26. The van der Waals surface area contributed by atoms with Gasteiger partial charge in [-0.2, -0.15) is 0 Å². The summed E-state index contributed by atoms with van der Waals surface area (Å²) >= 11 is 1.15. The molecule has 11 heteroatoms. The van der Waals surface area contributed by atoms with Crippen molar-refractivity contribution in [3.63, 3.8) is 0 Å². The van der Waals surface area contributed by atoms with Crippen LogP contribution in [0.2, 0.25) is 0 Å². The van der Waals surface area contributed by atoms with Crippen LogP contribution in [0.1, 0.15) is 5.56 Å². The lowest BCUT2D eigenvalue weighted by Crippen LogP contribution is -2.14. The van der Waals surface area contributed by atoms with Crippen LogP contribution in [0.3, 0.4) is 0 Å². The number of aromatic nitrogens is 2. The van der Waals surface area contributed by atoms with E-state index in [0.29, 0.717) is 34.8 Å². The predicted octanol–water partition coefficient (Wildman–Crippen LogP) is 6.39. The van der Waals surface area contributed by atoms with Gasteiger partial charge in [0.15, 0.2) is 16.7 Å². The lowest BCUT2D eigenvalue weighted by atomic mass is 10.2. The minimum absolute atomic E-state index is 0.0340. The molecule has 0 unspecified atom stereocenters. The monoisotopic (exact) mass is 559 g/mol. The second-order valence-corrected chi connectivity index (χ2v) is 9.25. The van der Waals surface area contributed by atoms with E-state index in [1.54, 1.807) is 43.2 Å². The fraction of sp³-hybridized carbons (Fsp3) is 0.250. The molecule has 4 rings (SSSR count). The van der Waals surface area contributed by atoms with Gasteiger partial charge in [0, 0.05) is 55.0 Å². The molecule has 0 radical (unpaired) electrons. The van der Waals surface area contributed by atoms with Crippen molar-refractivity contribution in [2.45, 2.75) is 10.9 Å². The van der Waals surface area contributed by atoms with Gasteiger partial charge in [-0.05, 0) is 36.4 Å². The first-order valence-corrected chi connectivity index (χ1v) is 12.9. The Balaban J connectivity index is 1.66. The number of halogens is 3. The van der Waals surface area contributed by atoms with Gasteiger partial charge in [0.25, 0.3) is 0 Å². The second kappa shape index (κ2) is 12.8. The molecule has 0 aliphatic rings. The van der Waals surface area contributed by atoms with Crippen LogP contribution < -0.4 is 19.1 Å². The van der Waals surface area contributed by atoms with E-state index in [1.807, 2.05) is 24.1 Å². The number of hydrogen-bond donors (Lipinski definition) is 0. The number of imidazole rings is 1. The lowest BCUT2D eigenvalue weighted by Gasteiger charge is -2.23. The summed E-state index contributed by atoms with van der Waals surface area (Å²) in [5.74, 6) is -0.0216.